The molecule has 0 radical (unpaired) electrons. The maximum absolute atomic E-state index is 5.73. The van der Waals surface area contributed by atoms with Crippen molar-refractivity contribution in [1.29, 1.82) is 0 Å². The lowest BCUT2D eigenvalue weighted by atomic mass is 9.78. The van der Waals surface area contributed by atoms with E-state index in [1.165, 1.54) is 32.2 Å². The van der Waals surface area contributed by atoms with Crippen LogP contribution >= 0.6 is 0 Å². The molecule has 1 aliphatic carbocycles. The van der Waals surface area contributed by atoms with Gasteiger partial charge in [-0.2, -0.15) is 0 Å². The molecule has 2 fully saturated rings. The first-order chi connectivity index (χ1) is 7.72. The van der Waals surface area contributed by atoms with Crippen LogP contribution in [0.2, 0.25) is 0 Å². The lowest BCUT2D eigenvalue weighted by Gasteiger charge is -2.44. The SMILES string of the molecule is C#CC1CCCN1C1CCC1COC(C)C. The fraction of sp³-hybridized carbons (Fsp3) is 0.857. The van der Waals surface area contributed by atoms with E-state index in [9.17, 15) is 0 Å². The third kappa shape index (κ3) is 2.42. The van der Waals surface area contributed by atoms with Gasteiger partial charge < -0.3 is 4.74 Å². The lowest BCUT2D eigenvalue weighted by molar-refractivity contribution is -0.0227. The molecule has 1 aliphatic heterocycles. The Kier molecular flexibility index (Phi) is 3.89. The molecule has 1 heterocycles. The van der Waals surface area contributed by atoms with Gasteiger partial charge in [0.1, 0.15) is 0 Å². The van der Waals surface area contributed by atoms with Gasteiger partial charge in [-0.15, -0.1) is 6.42 Å². The second kappa shape index (κ2) is 5.21. The summed E-state index contributed by atoms with van der Waals surface area (Å²) >= 11 is 0. The van der Waals surface area contributed by atoms with Gasteiger partial charge in [0.2, 0.25) is 0 Å². The molecule has 0 spiro atoms. The van der Waals surface area contributed by atoms with E-state index in [1.807, 2.05) is 0 Å². The summed E-state index contributed by atoms with van der Waals surface area (Å²) in [6.45, 7) is 6.31. The average Bonchev–Trinajstić information content (AvgIpc) is 2.63. The smallest absolute Gasteiger partial charge is 0.0714 e. The molecule has 0 N–H and O–H groups in total. The van der Waals surface area contributed by atoms with Crippen LogP contribution in [0.4, 0.5) is 0 Å². The minimum absolute atomic E-state index is 0.350. The summed E-state index contributed by atoms with van der Waals surface area (Å²) in [6.07, 6.45) is 11.0. The van der Waals surface area contributed by atoms with Gasteiger partial charge in [0, 0.05) is 6.04 Å². The normalized spacial score (nSPS) is 35.0. The predicted octanol–water partition coefficient (Wildman–Crippen LogP) is 2.29. The van der Waals surface area contributed by atoms with Crippen LogP contribution in [0.3, 0.4) is 0 Å². The molecule has 0 aromatic rings. The summed E-state index contributed by atoms with van der Waals surface area (Å²) in [5.41, 5.74) is 0. The van der Waals surface area contributed by atoms with Gasteiger partial charge in [0.05, 0.1) is 18.8 Å². The van der Waals surface area contributed by atoms with Gasteiger partial charge >= 0.3 is 0 Å². The number of hydrogen-bond donors (Lipinski definition) is 0. The molecule has 2 aliphatic rings. The van der Waals surface area contributed by atoms with E-state index in [-0.39, 0.29) is 0 Å². The van der Waals surface area contributed by atoms with Crippen molar-refractivity contribution >= 4 is 0 Å². The summed E-state index contributed by atoms with van der Waals surface area (Å²) in [4.78, 5) is 2.54. The number of rotatable bonds is 4. The van der Waals surface area contributed by atoms with Crippen LogP contribution in [0.5, 0.6) is 0 Å². The third-order valence-corrected chi connectivity index (χ3v) is 3.93. The van der Waals surface area contributed by atoms with Crippen molar-refractivity contribution < 1.29 is 4.74 Å². The van der Waals surface area contributed by atoms with Gasteiger partial charge in [-0.1, -0.05) is 5.92 Å². The molecule has 0 bridgehead atoms. The molecule has 0 amide bonds. The van der Waals surface area contributed by atoms with Gasteiger partial charge in [-0.05, 0) is 52.0 Å². The highest BCUT2D eigenvalue weighted by atomic mass is 16.5. The van der Waals surface area contributed by atoms with Gasteiger partial charge in [0.15, 0.2) is 0 Å². The molecule has 2 rings (SSSR count). The van der Waals surface area contributed by atoms with Gasteiger partial charge in [0.25, 0.3) is 0 Å². The quantitative estimate of drug-likeness (QED) is 0.675. The molecule has 3 atom stereocenters. The zero-order valence-electron chi connectivity index (χ0n) is 10.5. The van der Waals surface area contributed by atoms with Gasteiger partial charge in [-0.25, -0.2) is 0 Å². The largest absolute Gasteiger partial charge is 0.378 e. The fourth-order valence-electron chi connectivity index (χ4n) is 2.86. The Morgan fingerprint density at radius 1 is 1.38 bits per heavy atom. The van der Waals surface area contributed by atoms with Gasteiger partial charge in [-0.3, -0.25) is 4.90 Å². The van der Waals surface area contributed by atoms with Crippen molar-refractivity contribution in [2.24, 2.45) is 5.92 Å². The Morgan fingerprint density at radius 2 is 2.19 bits per heavy atom. The highest BCUT2D eigenvalue weighted by Crippen LogP contribution is 2.36. The number of ether oxygens (including phenoxy) is 1. The third-order valence-electron chi connectivity index (χ3n) is 3.93. The first kappa shape index (κ1) is 12.0. The second-order valence-electron chi connectivity index (χ2n) is 5.35. The second-order valence-corrected chi connectivity index (χ2v) is 5.35. The molecule has 1 saturated carbocycles. The highest BCUT2D eigenvalue weighted by molar-refractivity contribution is 5.06. The molecule has 0 aromatic carbocycles. The van der Waals surface area contributed by atoms with Crippen LogP contribution in [0, 0.1) is 18.3 Å². The molecule has 1 saturated heterocycles. The van der Waals surface area contributed by atoms with Crippen LogP contribution in [-0.4, -0.2) is 36.2 Å². The lowest BCUT2D eigenvalue weighted by Crippen LogP contribution is -2.50. The standard InChI is InChI=1S/C14H23NO/c1-4-13-6-5-9-15(13)14-8-7-12(14)10-16-11(2)3/h1,11-14H,5-10H2,2-3H3. The van der Waals surface area contributed by atoms with Crippen molar-refractivity contribution in [2.45, 2.75) is 57.7 Å². The topological polar surface area (TPSA) is 12.5 Å². The summed E-state index contributed by atoms with van der Waals surface area (Å²) in [5, 5.41) is 0. The maximum Gasteiger partial charge on any atom is 0.0714 e. The first-order valence-electron chi connectivity index (χ1n) is 6.56. The maximum atomic E-state index is 5.73. The average molecular weight is 221 g/mol. The molecular formula is C14H23NO. The molecule has 0 aromatic heterocycles. The minimum Gasteiger partial charge on any atom is -0.378 e. The van der Waals surface area contributed by atoms with Crippen molar-refractivity contribution in [1.82, 2.24) is 4.90 Å². The van der Waals surface area contributed by atoms with Crippen LogP contribution in [0.15, 0.2) is 0 Å². The highest BCUT2D eigenvalue weighted by Gasteiger charge is 2.39. The van der Waals surface area contributed by atoms with E-state index < -0.39 is 0 Å². The van der Waals surface area contributed by atoms with Crippen molar-refractivity contribution in [3.05, 3.63) is 0 Å². The Hall–Kier alpha value is -0.520. The van der Waals surface area contributed by atoms with Crippen LogP contribution in [-0.2, 0) is 4.74 Å². The van der Waals surface area contributed by atoms with E-state index >= 15 is 0 Å². The summed E-state index contributed by atoms with van der Waals surface area (Å²) < 4.78 is 5.73. The minimum atomic E-state index is 0.350. The Balaban J connectivity index is 1.83. The number of nitrogens with zero attached hydrogens (tertiary/aromatic N) is 1. The summed E-state index contributed by atoms with van der Waals surface area (Å²) in [6, 6.07) is 1.09. The molecular weight excluding hydrogens is 198 g/mol. The number of hydrogen-bond acceptors (Lipinski definition) is 2. The molecule has 2 nitrogen and oxygen atoms in total. The zero-order valence-corrected chi connectivity index (χ0v) is 10.5. The number of likely N-dealkylation sites (tertiary alicyclic amines) is 1. The predicted molar refractivity (Wildman–Crippen MR) is 66.2 cm³/mol. The Bertz CT molecular complexity index is 268. The van der Waals surface area contributed by atoms with E-state index in [2.05, 4.69) is 24.7 Å². The summed E-state index contributed by atoms with van der Waals surface area (Å²) in [7, 11) is 0. The van der Waals surface area contributed by atoms with Crippen LogP contribution < -0.4 is 0 Å². The van der Waals surface area contributed by atoms with Crippen LogP contribution in [0.1, 0.15) is 39.5 Å². The molecule has 3 unspecified atom stereocenters. The van der Waals surface area contributed by atoms with E-state index in [4.69, 9.17) is 11.2 Å². The van der Waals surface area contributed by atoms with Crippen molar-refractivity contribution in [2.75, 3.05) is 13.2 Å². The zero-order chi connectivity index (χ0) is 11.5. The van der Waals surface area contributed by atoms with E-state index in [0.29, 0.717) is 18.2 Å². The fourth-order valence-corrected chi connectivity index (χ4v) is 2.86. The molecule has 16 heavy (non-hydrogen) atoms. The van der Waals surface area contributed by atoms with Crippen molar-refractivity contribution in [3.63, 3.8) is 0 Å². The van der Waals surface area contributed by atoms with E-state index in [1.54, 1.807) is 0 Å². The molecule has 2 heteroatoms. The Labute approximate surface area is 99.3 Å². The monoisotopic (exact) mass is 221 g/mol. The number of terminal acetylenes is 1. The molecule has 90 valence electrons. The van der Waals surface area contributed by atoms with Crippen LogP contribution in [0.25, 0.3) is 0 Å². The van der Waals surface area contributed by atoms with Crippen molar-refractivity contribution in [3.8, 4) is 12.3 Å². The first-order valence-corrected chi connectivity index (χ1v) is 6.56. The Morgan fingerprint density at radius 3 is 2.75 bits per heavy atom. The summed E-state index contributed by atoms with van der Waals surface area (Å²) in [5.74, 6) is 3.65. The van der Waals surface area contributed by atoms with E-state index in [0.717, 1.165) is 12.5 Å².